The maximum absolute atomic E-state index is 4.56. The van der Waals surface area contributed by atoms with Gasteiger partial charge in [0.2, 0.25) is 0 Å². The quantitative estimate of drug-likeness (QED) is 0.717. The molecule has 0 atom stereocenters. The molecule has 0 saturated carbocycles. The summed E-state index contributed by atoms with van der Waals surface area (Å²) in [5, 5.41) is 0. The van der Waals surface area contributed by atoms with Crippen molar-refractivity contribution in [2.24, 2.45) is 0 Å². The number of aromatic nitrogens is 2. The van der Waals surface area contributed by atoms with E-state index in [2.05, 4.69) is 85.3 Å². The molecule has 3 heterocycles. The number of benzene rings is 2. The summed E-state index contributed by atoms with van der Waals surface area (Å²) in [6.07, 6.45) is 2.78. The van der Waals surface area contributed by atoms with Gasteiger partial charge in [0, 0.05) is 50.2 Å². The van der Waals surface area contributed by atoms with Gasteiger partial charge in [0.05, 0.1) is 0 Å². The average Bonchev–Trinajstić information content (AvgIpc) is 3.19. The van der Waals surface area contributed by atoms with Crippen LogP contribution in [0.25, 0.3) is 0 Å². The molecular weight excluding hydrogens is 334 g/mol. The first-order valence-corrected chi connectivity index (χ1v) is 9.61. The summed E-state index contributed by atoms with van der Waals surface area (Å²) in [6.45, 7) is 4.95. The summed E-state index contributed by atoms with van der Waals surface area (Å²) < 4.78 is 0. The second-order valence-electron chi connectivity index (χ2n) is 7.07. The van der Waals surface area contributed by atoms with Crippen LogP contribution in [-0.4, -0.2) is 42.7 Å². The van der Waals surface area contributed by atoms with Crippen molar-refractivity contribution in [3.05, 3.63) is 72.6 Å². The van der Waals surface area contributed by atoms with E-state index in [1.54, 1.807) is 6.33 Å². The van der Waals surface area contributed by atoms with Gasteiger partial charge < -0.3 is 14.7 Å². The normalized spacial score (nSPS) is 16.5. The zero-order valence-corrected chi connectivity index (χ0v) is 15.3. The van der Waals surface area contributed by atoms with Crippen molar-refractivity contribution in [3.63, 3.8) is 0 Å². The Labute approximate surface area is 159 Å². The van der Waals surface area contributed by atoms with Crippen molar-refractivity contribution < 1.29 is 0 Å². The zero-order chi connectivity index (χ0) is 18.1. The number of para-hydroxylation sites is 2. The van der Waals surface area contributed by atoms with Gasteiger partial charge in [-0.25, -0.2) is 9.97 Å². The summed E-state index contributed by atoms with van der Waals surface area (Å²) in [6, 6.07) is 21.4. The highest BCUT2D eigenvalue weighted by molar-refractivity contribution is 5.69. The highest BCUT2D eigenvalue weighted by Gasteiger charge is 2.23. The second-order valence-corrected chi connectivity index (χ2v) is 7.07. The van der Waals surface area contributed by atoms with Gasteiger partial charge in [-0.2, -0.15) is 0 Å². The first kappa shape index (κ1) is 16.1. The number of fused-ring (bicyclic) bond motifs is 1. The molecular formula is C22H23N5. The highest BCUT2D eigenvalue weighted by atomic mass is 15.3. The maximum Gasteiger partial charge on any atom is 0.138 e. The van der Waals surface area contributed by atoms with E-state index in [4.69, 9.17) is 0 Å². The third kappa shape index (κ3) is 3.10. The molecule has 5 heteroatoms. The lowest BCUT2D eigenvalue weighted by molar-refractivity contribution is 0.646. The van der Waals surface area contributed by atoms with Crippen LogP contribution in [0.2, 0.25) is 0 Å². The van der Waals surface area contributed by atoms with E-state index in [-0.39, 0.29) is 0 Å². The third-order valence-corrected chi connectivity index (χ3v) is 5.53. The zero-order valence-electron chi connectivity index (χ0n) is 15.3. The Morgan fingerprint density at radius 1 is 0.667 bits per heavy atom. The van der Waals surface area contributed by atoms with Crippen molar-refractivity contribution in [2.45, 2.75) is 6.42 Å². The van der Waals surface area contributed by atoms with E-state index in [9.17, 15) is 0 Å². The van der Waals surface area contributed by atoms with Crippen molar-refractivity contribution in [3.8, 4) is 0 Å². The number of anilines is 4. The summed E-state index contributed by atoms with van der Waals surface area (Å²) in [7, 11) is 0. The largest absolute Gasteiger partial charge is 0.368 e. The van der Waals surface area contributed by atoms with Crippen LogP contribution in [0.15, 0.2) is 67.0 Å². The van der Waals surface area contributed by atoms with Gasteiger partial charge in [-0.15, -0.1) is 0 Å². The highest BCUT2D eigenvalue weighted by Crippen LogP contribution is 2.34. The number of hydrogen-bond donors (Lipinski definition) is 0. The van der Waals surface area contributed by atoms with Crippen LogP contribution >= 0.6 is 0 Å². The topological polar surface area (TPSA) is 35.5 Å². The van der Waals surface area contributed by atoms with Gasteiger partial charge in [0.15, 0.2) is 0 Å². The van der Waals surface area contributed by atoms with Crippen LogP contribution in [0.3, 0.4) is 0 Å². The van der Waals surface area contributed by atoms with Crippen LogP contribution in [0.5, 0.6) is 0 Å². The van der Waals surface area contributed by atoms with E-state index >= 15 is 0 Å². The molecule has 2 aromatic carbocycles. The Balaban J connectivity index is 1.32. The number of nitrogens with zero attached hydrogens (tertiary/aromatic N) is 5. The molecule has 0 amide bonds. The molecule has 1 fully saturated rings. The molecule has 0 N–H and O–H groups in total. The smallest absolute Gasteiger partial charge is 0.138 e. The monoisotopic (exact) mass is 357 g/mol. The Kier molecular flexibility index (Phi) is 4.13. The maximum atomic E-state index is 4.56. The standard InChI is InChI=1S/C22H23N5/c1-2-7-19(8-3-1)25-12-14-26(15-13-25)21-16-22(24-17-23-21)27-11-10-18-6-4-5-9-20(18)27/h1-9,16-17H,10-15H2. The van der Waals surface area contributed by atoms with Gasteiger partial charge in [-0.3, -0.25) is 0 Å². The predicted octanol–water partition coefficient (Wildman–Crippen LogP) is 3.50. The minimum atomic E-state index is 0.974. The average molecular weight is 357 g/mol. The lowest BCUT2D eigenvalue weighted by Crippen LogP contribution is -2.46. The SMILES string of the molecule is c1ccc(N2CCN(c3cc(N4CCc5ccccc54)ncn3)CC2)cc1. The number of hydrogen-bond acceptors (Lipinski definition) is 5. The van der Waals surface area contributed by atoms with Crippen molar-refractivity contribution >= 4 is 23.0 Å². The summed E-state index contributed by atoms with van der Waals surface area (Å²) in [4.78, 5) is 16.2. The molecule has 5 rings (SSSR count). The molecule has 2 aliphatic heterocycles. The summed E-state index contributed by atoms with van der Waals surface area (Å²) in [5.41, 5.74) is 3.97. The molecule has 1 saturated heterocycles. The van der Waals surface area contributed by atoms with Crippen LogP contribution in [-0.2, 0) is 6.42 Å². The molecule has 0 spiro atoms. The van der Waals surface area contributed by atoms with E-state index in [0.29, 0.717) is 0 Å². The van der Waals surface area contributed by atoms with E-state index < -0.39 is 0 Å². The molecule has 0 radical (unpaired) electrons. The summed E-state index contributed by atoms with van der Waals surface area (Å²) in [5.74, 6) is 2.02. The van der Waals surface area contributed by atoms with Crippen molar-refractivity contribution in [1.29, 1.82) is 0 Å². The first-order valence-electron chi connectivity index (χ1n) is 9.61. The molecule has 0 bridgehead atoms. The van der Waals surface area contributed by atoms with Gasteiger partial charge in [-0.05, 0) is 30.2 Å². The van der Waals surface area contributed by atoms with E-state index in [0.717, 1.165) is 50.8 Å². The predicted molar refractivity (Wildman–Crippen MR) is 110 cm³/mol. The Bertz CT molecular complexity index is 919. The number of rotatable bonds is 3. The lowest BCUT2D eigenvalue weighted by Gasteiger charge is -2.36. The van der Waals surface area contributed by atoms with Crippen LogP contribution in [0.1, 0.15) is 5.56 Å². The number of piperazine rings is 1. The Morgan fingerprint density at radius 2 is 1.37 bits per heavy atom. The second kappa shape index (κ2) is 6.91. The van der Waals surface area contributed by atoms with Crippen molar-refractivity contribution in [2.75, 3.05) is 47.4 Å². The van der Waals surface area contributed by atoms with Crippen LogP contribution < -0.4 is 14.7 Å². The Hall–Kier alpha value is -3.08. The van der Waals surface area contributed by atoms with E-state index in [1.165, 1.54) is 16.9 Å². The summed E-state index contributed by atoms with van der Waals surface area (Å²) >= 11 is 0. The lowest BCUT2D eigenvalue weighted by atomic mass is 10.2. The molecule has 5 nitrogen and oxygen atoms in total. The molecule has 0 unspecified atom stereocenters. The van der Waals surface area contributed by atoms with E-state index in [1.807, 2.05) is 0 Å². The molecule has 1 aromatic heterocycles. The van der Waals surface area contributed by atoms with Gasteiger partial charge in [0.1, 0.15) is 18.0 Å². The van der Waals surface area contributed by atoms with Gasteiger partial charge >= 0.3 is 0 Å². The fourth-order valence-electron chi connectivity index (χ4n) is 4.07. The fourth-order valence-corrected chi connectivity index (χ4v) is 4.07. The molecule has 3 aromatic rings. The molecule has 136 valence electrons. The van der Waals surface area contributed by atoms with Gasteiger partial charge in [-0.1, -0.05) is 36.4 Å². The van der Waals surface area contributed by atoms with Crippen molar-refractivity contribution in [1.82, 2.24) is 9.97 Å². The molecule has 2 aliphatic rings. The third-order valence-electron chi connectivity index (χ3n) is 5.53. The molecule has 0 aliphatic carbocycles. The minimum Gasteiger partial charge on any atom is -0.368 e. The first-order chi connectivity index (χ1) is 13.4. The van der Waals surface area contributed by atoms with Crippen LogP contribution in [0.4, 0.5) is 23.0 Å². The molecule has 27 heavy (non-hydrogen) atoms. The van der Waals surface area contributed by atoms with Gasteiger partial charge in [0.25, 0.3) is 0 Å². The fraction of sp³-hybridized carbons (Fsp3) is 0.273. The van der Waals surface area contributed by atoms with Crippen LogP contribution in [0, 0.1) is 0 Å². The minimum absolute atomic E-state index is 0.974. The Morgan fingerprint density at radius 3 is 2.22 bits per heavy atom.